The zero-order chi connectivity index (χ0) is 8.81. The Morgan fingerprint density at radius 2 is 1.92 bits per heavy atom. The molecule has 0 unspecified atom stereocenters. The van der Waals surface area contributed by atoms with Crippen LogP contribution in [0.4, 0.5) is 0 Å². The molecule has 1 fully saturated rings. The van der Waals surface area contributed by atoms with Crippen LogP contribution in [-0.4, -0.2) is 56.9 Å². The van der Waals surface area contributed by atoms with Crippen LogP contribution in [0.25, 0.3) is 0 Å². The molecule has 3 heteroatoms. The van der Waals surface area contributed by atoms with Crippen LogP contribution in [0.3, 0.4) is 0 Å². The number of ether oxygens (including phenoxy) is 1. The molecule has 0 bridgehead atoms. The summed E-state index contributed by atoms with van der Waals surface area (Å²) in [6, 6.07) is 0. The Labute approximate surface area is 75.3 Å². The maximum absolute atomic E-state index is 5.51. The van der Waals surface area contributed by atoms with Crippen molar-refractivity contribution in [3.05, 3.63) is 0 Å². The van der Waals surface area contributed by atoms with E-state index in [0.717, 1.165) is 19.9 Å². The second kappa shape index (κ2) is 5.51. The molecule has 0 aliphatic carbocycles. The van der Waals surface area contributed by atoms with Gasteiger partial charge in [0.05, 0.1) is 13.3 Å². The van der Waals surface area contributed by atoms with Crippen molar-refractivity contribution in [2.45, 2.75) is 12.8 Å². The zero-order valence-corrected chi connectivity index (χ0v) is 8.25. The summed E-state index contributed by atoms with van der Waals surface area (Å²) in [7, 11) is 4.14. The third-order valence-electron chi connectivity index (χ3n) is 2.16. The Hall–Kier alpha value is -0.120. The van der Waals surface area contributed by atoms with Gasteiger partial charge in [0.2, 0.25) is 0 Å². The third kappa shape index (κ3) is 4.04. The van der Waals surface area contributed by atoms with Gasteiger partial charge in [0.15, 0.2) is 0 Å². The van der Waals surface area contributed by atoms with Gasteiger partial charge in [-0.1, -0.05) is 0 Å². The molecule has 1 heterocycles. The third-order valence-corrected chi connectivity index (χ3v) is 2.16. The summed E-state index contributed by atoms with van der Waals surface area (Å²) in [6.45, 7) is 5.15. The fourth-order valence-corrected chi connectivity index (χ4v) is 1.35. The molecule has 1 rings (SSSR count). The van der Waals surface area contributed by atoms with E-state index in [1.807, 2.05) is 0 Å². The lowest BCUT2D eigenvalue weighted by Crippen LogP contribution is -2.25. The van der Waals surface area contributed by atoms with Gasteiger partial charge >= 0.3 is 0 Å². The van der Waals surface area contributed by atoms with Gasteiger partial charge in [0.25, 0.3) is 0 Å². The van der Waals surface area contributed by atoms with Crippen molar-refractivity contribution in [3.63, 3.8) is 0 Å². The SMILES string of the molecule is CN(C)CCOCN1CCCC1. The molecule has 1 aliphatic heterocycles. The van der Waals surface area contributed by atoms with Crippen LogP contribution in [0, 0.1) is 0 Å². The highest BCUT2D eigenvalue weighted by molar-refractivity contribution is 4.62. The summed E-state index contributed by atoms with van der Waals surface area (Å²) in [4.78, 5) is 4.51. The highest BCUT2D eigenvalue weighted by Crippen LogP contribution is 2.06. The normalized spacial score (nSPS) is 19.2. The van der Waals surface area contributed by atoms with Crippen molar-refractivity contribution in [2.75, 3.05) is 47.1 Å². The minimum atomic E-state index is 0.827. The lowest BCUT2D eigenvalue weighted by atomic mass is 10.4. The van der Waals surface area contributed by atoms with Crippen LogP contribution in [0.5, 0.6) is 0 Å². The van der Waals surface area contributed by atoms with Crippen LogP contribution in [0.15, 0.2) is 0 Å². The molecule has 12 heavy (non-hydrogen) atoms. The van der Waals surface area contributed by atoms with Crippen molar-refractivity contribution in [2.24, 2.45) is 0 Å². The lowest BCUT2D eigenvalue weighted by Gasteiger charge is -2.15. The molecule has 3 nitrogen and oxygen atoms in total. The van der Waals surface area contributed by atoms with Gasteiger partial charge in [-0.2, -0.15) is 0 Å². The molecule has 0 amide bonds. The monoisotopic (exact) mass is 172 g/mol. The number of hydrogen-bond donors (Lipinski definition) is 0. The van der Waals surface area contributed by atoms with Crippen molar-refractivity contribution in [1.29, 1.82) is 0 Å². The Kier molecular flexibility index (Phi) is 4.58. The smallest absolute Gasteiger partial charge is 0.0990 e. The van der Waals surface area contributed by atoms with E-state index in [4.69, 9.17) is 4.74 Å². The summed E-state index contributed by atoms with van der Waals surface area (Å²) in [5.74, 6) is 0. The molecular weight excluding hydrogens is 152 g/mol. The van der Waals surface area contributed by atoms with E-state index in [1.54, 1.807) is 0 Å². The van der Waals surface area contributed by atoms with E-state index >= 15 is 0 Å². The van der Waals surface area contributed by atoms with Gasteiger partial charge < -0.3 is 9.64 Å². The van der Waals surface area contributed by atoms with E-state index in [9.17, 15) is 0 Å². The predicted octanol–water partition coefficient (Wildman–Crippen LogP) is 0.618. The number of nitrogens with zero attached hydrogens (tertiary/aromatic N) is 2. The van der Waals surface area contributed by atoms with E-state index in [2.05, 4.69) is 23.9 Å². The van der Waals surface area contributed by atoms with Gasteiger partial charge in [0, 0.05) is 19.6 Å². The van der Waals surface area contributed by atoms with Gasteiger partial charge in [-0.15, -0.1) is 0 Å². The first kappa shape index (κ1) is 9.96. The molecule has 0 radical (unpaired) electrons. The first-order valence-electron chi connectivity index (χ1n) is 4.74. The summed E-state index contributed by atoms with van der Waals surface area (Å²) in [6.07, 6.45) is 2.69. The molecule has 0 atom stereocenters. The minimum Gasteiger partial charge on any atom is -0.365 e. The van der Waals surface area contributed by atoms with Gasteiger partial charge in [-0.3, -0.25) is 4.90 Å². The lowest BCUT2D eigenvalue weighted by molar-refractivity contribution is 0.0347. The summed E-state index contributed by atoms with van der Waals surface area (Å²) >= 11 is 0. The maximum atomic E-state index is 5.51. The van der Waals surface area contributed by atoms with Crippen LogP contribution in [0.2, 0.25) is 0 Å². The van der Waals surface area contributed by atoms with Crippen LogP contribution in [-0.2, 0) is 4.74 Å². The molecule has 0 spiro atoms. The van der Waals surface area contributed by atoms with E-state index in [-0.39, 0.29) is 0 Å². The van der Waals surface area contributed by atoms with Crippen molar-refractivity contribution < 1.29 is 4.74 Å². The van der Waals surface area contributed by atoms with Crippen molar-refractivity contribution >= 4 is 0 Å². The number of likely N-dealkylation sites (tertiary alicyclic amines) is 1. The summed E-state index contributed by atoms with van der Waals surface area (Å²) in [5, 5.41) is 0. The summed E-state index contributed by atoms with van der Waals surface area (Å²) < 4.78 is 5.51. The summed E-state index contributed by atoms with van der Waals surface area (Å²) in [5.41, 5.74) is 0. The highest BCUT2D eigenvalue weighted by atomic mass is 16.5. The van der Waals surface area contributed by atoms with Crippen LogP contribution >= 0.6 is 0 Å². The number of hydrogen-bond acceptors (Lipinski definition) is 3. The highest BCUT2D eigenvalue weighted by Gasteiger charge is 2.10. The topological polar surface area (TPSA) is 15.7 Å². The zero-order valence-electron chi connectivity index (χ0n) is 8.25. The fourth-order valence-electron chi connectivity index (χ4n) is 1.35. The Morgan fingerprint density at radius 1 is 1.25 bits per heavy atom. The number of likely N-dealkylation sites (N-methyl/N-ethyl adjacent to an activating group) is 1. The average Bonchev–Trinajstić information content (AvgIpc) is 2.49. The predicted molar refractivity (Wildman–Crippen MR) is 50.2 cm³/mol. The van der Waals surface area contributed by atoms with Gasteiger partial charge in [-0.05, 0) is 26.9 Å². The molecule has 1 aliphatic rings. The average molecular weight is 172 g/mol. The molecule has 0 aromatic rings. The van der Waals surface area contributed by atoms with Gasteiger partial charge in [0.1, 0.15) is 0 Å². The second-order valence-electron chi connectivity index (χ2n) is 3.67. The van der Waals surface area contributed by atoms with Crippen LogP contribution in [0.1, 0.15) is 12.8 Å². The first-order chi connectivity index (χ1) is 5.79. The molecular formula is C9H20N2O. The fraction of sp³-hybridized carbons (Fsp3) is 1.00. The molecule has 0 saturated carbocycles. The molecule has 72 valence electrons. The molecule has 1 saturated heterocycles. The molecule has 0 aromatic carbocycles. The van der Waals surface area contributed by atoms with E-state index in [0.29, 0.717) is 0 Å². The largest absolute Gasteiger partial charge is 0.365 e. The Morgan fingerprint density at radius 3 is 2.50 bits per heavy atom. The number of rotatable bonds is 5. The molecule has 0 N–H and O–H groups in total. The minimum absolute atomic E-state index is 0.827. The molecule has 0 aromatic heterocycles. The quantitative estimate of drug-likeness (QED) is 0.565. The standard InChI is InChI=1S/C9H20N2O/c1-10(2)7-8-12-9-11-5-3-4-6-11/h3-9H2,1-2H3. The Bertz CT molecular complexity index is 111. The first-order valence-corrected chi connectivity index (χ1v) is 4.74. The van der Waals surface area contributed by atoms with E-state index < -0.39 is 0 Å². The van der Waals surface area contributed by atoms with Gasteiger partial charge in [-0.25, -0.2) is 0 Å². The maximum Gasteiger partial charge on any atom is 0.0990 e. The van der Waals surface area contributed by atoms with Crippen molar-refractivity contribution in [3.8, 4) is 0 Å². The van der Waals surface area contributed by atoms with E-state index in [1.165, 1.54) is 25.9 Å². The second-order valence-corrected chi connectivity index (χ2v) is 3.67. The van der Waals surface area contributed by atoms with Crippen LogP contribution < -0.4 is 0 Å². The van der Waals surface area contributed by atoms with Crippen molar-refractivity contribution in [1.82, 2.24) is 9.80 Å². The Balaban J connectivity index is 1.88.